The average molecular weight is 1180 g/mol. The van der Waals surface area contributed by atoms with Gasteiger partial charge in [0, 0.05) is 62.7 Å². The van der Waals surface area contributed by atoms with Crippen molar-refractivity contribution in [3.63, 3.8) is 0 Å². The van der Waals surface area contributed by atoms with Crippen LogP contribution in [0.25, 0.3) is 0 Å². The molecule has 0 unspecified atom stereocenters. The first-order valence-electron chi connectivity index (χ1n) is 28.3. The van der Waals surface area contributed by atoms with Gasteiger partial charge in [-0.25, -0.2) is 14.6 Å². The van der Waals surface area contributed by atoms with Crippen molar-refractivity contribution < 1.29 is 57.8 Å². The summed E-state index contributed by atoms with van der Waals surface area (Å²) in [5.74, 6) is -5.00. The van der Waals surface area contributed by atoms with Crippen LogP contribution in [-0.2, 0) is 51.3 Å². The number of nitrogens with zero attached hydrogens (tertiary/aromatic N) is 2. The summed E-state index contributed by atoms with van der Waals surface area (Å²) in [6.45, 7) is 16.2. The zero-order valence-corrected chi connectivity index (χ0v) is 50.4. The SMILES string of the molecule is CC[C@H](C)CC(=O)N(C)[C@H](C[C@@H](NC(C)=O)c1nc(C(=O)N[C@@H](Cc2ccc(NC(=O)OCc3ccc(NC(=O)[C@H](CCCNC(N)=O)NC(=O)[C@@H](NC(=O)[C@H](CCCCN)NC(C)=O)C(C)C)cc3)cc2)C[C@H](C)C(=O)O)cs1)C(C)C. The lowest BCUT2D eigenvalue weighted by Crippen LogP contribution is -2.57. The molecule has 0 aliphatic carbocycles. The third-order valence-corrected chi connectivity index (χ3v) is 14.9. The predicted octanol–water partition coefficient (Wildman–Crippen LogP) is 5.48. The van der Waals surface area contributed by atoms with Gasteiger partial charge in [0.25, 0.3) is 5.91 Å². The number of amides is 10. The van der Waals surface area contributed by atoms with Gasteiger partial charge >= 0.3 is 18.1 Å². The lowest BCUT2D eigenvalue weighted by Gasteiger charge is -2.34. The van der Waals surface area contributed by atoms with E-state index >= 15 is 0 Å². The lowest BCUT2D eigenvalue weighted by atomic mass is 9.94. The van der Waals surface area contributed by atoms with E-state index in [1.165, 1.54) is 25.2 Å². The summed E-state index contributed by atoms with van der Waals surface area (Å²) in [5.41, 5.74) is 13.0. The predicted molar refractivity (Wildman–Crippen MR) is 316 cm³/mol. The van der Waals surface area contributed by atoms with E-state index in [-0.39, 0.29) is 74.2 Å². The fraction of sp³-hybridized carbons (Fsp3) is 0.569. The third-order valence-electron chi connectivity index (χ3n) is 13.9. The minimum atomic E-state index is -1.11. The zero-order valence-electron chi connectivity index (χ0n) is 49.6. The molecule has 3 rings (SSSR count). The van der Waals surface area contributed by atoms with Gasteiger partial charge < -0.3 is 63.4 Å². The molecule has 1 heterocycles. The van der Waals surface area contributed by atoms with Crippen molar-refractivity contribution in [2.24, 2.45) is 35.1 Å². The van der Waals surface area contributed by atoms with E-state index in [9.17, 15) is 53.1 Å². The summed E-state index contributed by atoms with van der Waals surface area (Å²) in [6.07, 6.45) is 3.06. The van der Waals surface area contributed by atoms with Crippen LogP contribution < -0.4 is 54.0 Å². The number of nitrogens with one attached hydrogen (secondary N) is 8. The molecule has 458 valence electrons. The number of nitrogens with two attached hydrogens (primary N) is 2. The summed E-state index contributed by atoms with van der Waals surface area (Å²) in [5, 5.41) is 33.7. The molecule has 0 bridgehead atoms. The molecule has 0 spiro atoms. The van der Waals surface area contributed by atoms with Gasteiger partial charge in [-0.3, -0.25) is 43.7 Å². The monoisotopic (exact) mass is 1180 g/mol. The number of unbranched alkanes of at least 4 members (excludes halogenated alkanes) is 1. The molecule has 0 aliphatic rings. The van der Waals surface area contributed by atoms with Crippen LogP contribution in [0.3, 0.4) is 0 Å². The number of hydrogen-bond donors (Lipinski definition) is 11. The summed E-state index contributed by atoms with van der Waals surface area (Å²) < 4.78 is 5.46. The molecule has 0 aliphatic heterocycles. The van der Waals surface area contributed by atoms with Crippen molar-refractivity contribution in [3.05, 3.63) is 75.7 Å². The van der Waals surface area contributed by atoms with Gasteiger partial charge in [0.2, 0.25) is 35.4 Å². The van der Waals surface area contributed by atoms with Crippen molar-refractivity contribution in [1.82, 2.24) is 41.8 Å². The Bertz CT molecular complexity index is 2630. The molecule has 24 nitrogen and oxygen atoms in total. The number of carboxylic acid groups (broad SMARTS) is 1. The fourth-order valence-corrected chi connectivity index (χ4v) is 9.82. The molecule has 3 aromatic rings. The van der Waals surface area contributed by atoms with Gasteiger partial charge in [-0.1, -0.05) is 79.2 Å². The summed E-state index contributed by atoms with van der Waals surface area (Å²) in [4.78, 5) is 135. The van der Waals surface area contributed by atoms with Crippen LogP contribution in [0.1, 0.15) is 153 Å². The molecule has 25 heteroatoms. The number of ether oxygens (including phenoxy) is 1. The Kier molecular flexibility index (Phi) is 29.6. The molecule has 0 saturated heterocycles. The highest BCUT2D eigenvalue weighted by molar-refractivity contribution is 7.09. The molecular weight excluding hydrogens is 1090 g/mol. The smallest absolute Gasteiger partial charge is 0.411 e. The maximum absolute atomic E-state index is 13.8. The molecule has 10 amide bonds. The van der Waals surface area contributed by atoms with Crippen LogP contribution >= 0.6 is 11.3 Å². The van der Waals surface area contributed by atoms with Crippen LogP contribution in [0.15, 0.2) is 53.9 Å². The van der Waals surface area contributed by atoms with E-state index in [4.69, 9.17) is 16.2 Å². The van der Waals surface area contributed by atoms with E-state index in [0.29, 0.717) is 60.6 Å². The van der Waals surface area contributed by atoms with E-state index in [0.717, 1.165) is 12.0 Å². The molecule has 0 radical (unpaired) electrons. The number of anilines is 2. The largest absolute Gasteiger partial charge is 0.481 e. The number of aromatic nitrogens is 1. The van der Waals surface area contributed by atoms with Crippen molar-refractivity contribution >= 4 is 82.2 Å². The Hall–Kier alpha value is -7.67. The number of primary amides is 1. The lowest BCUT2D eigenvalue weighted by molar-refractivity contribution is -0.141. The first kappa shape index (κ1) is 69.6. The molecule has 0 fully saturated rings. The Morgan fingerprint density at radius 1 is 0.711 bits per heavy atom. The second-order valence-electron chi connectivity index (χ2n) is 21.8. The third kappa shape index (κ3) is 25.2. The summed E-state index contributed by atoms with van der Waals surface area (Å²) in [6, 6.07) is 7.86. The topological polar surface area (TPSA) is 365 Å². The quantitative estimate of drug-likeness (QED) is 0.0325. The minimum Gasteiger partial charge on any atom is -0.481 e. The number of rotatable bonds is 35. The second kappa shape index (κ2) is 35.4. The average Bonchev–Trinajstić information content (AvgIpc) is 4.22. The van der Waals surface area contributed by atoms with Gasteiger partial charge in [-0.15, -0.1) is 11.3 Å². The van der Waals surface area contributed by atoms with Crippen LogP contribution in [0, 0.1) is 23.7 Å². The van der Waals surface area contributed by atoms with Crippen LogP contribution in [0.2, 0.25) is 0 Å². The Balaban J connectivity index is 1.65. The normalized spacial score (nSPS) is 14.0. The maximum Gasteiger partial charge on any atom is 0.411 e. The van der Waals surface area contributed by atoms with Gasteiger partial charge in [0.05, 0.1) is 12.0 Å². The number of aliphatic carboxylic acids is 1. The Labute approximate surface area is 490 Å². The number of hydrogen-bond acceptors (Lipinski definition) is 14. The minimum absolute atomic E-state index is 0.0107. The highest BCUT2D eigenvalue weighted by atomic mass is 32.1. The van der Waals surface area contributed by atoms with Gasteiger partial charge in [0.15, 0.2) is 0 Å². The summed E-state index contributed by atoms with van der Waals surface area (Å²) >= 11 is 1.21. The van der Waals surface area contributed by atoms with E-state index < -0.39 is 89.7 Å². The van der Waals surface area contributed by atoms with E-state index in [1.807, 2.05) is 27.7 Å². The first-order valence-corrected chi connectivity index (χ1v) is 29.1. The van der Waals surface area contributed by atoms with E-state index in [2.05, 4.69) is 47.5 Å². The van der Waals surface area contributed by atoms with Gasteiger partial charge in [-0.2, -0.15) is 0 Å². The van der Waals surface area contributed by atoms with Crippen molar-refractivity contribution in [3.8, 4) is 0 Å². The number of carbonyl (C=O) groups excluding carboxylic acids is 9. The number of carbonyl (C=O) groups is 10. The fourth-order valence-electron chi connectivity index (χ4n) is 8.96. The highest BCUT2D eigenvalue weighted by Gasteiger charge is 2.33. The molecule has 0 saturated carbocycles. The van der Waals surface area contributed by atoms with Gasteiger partial charge in [-0.05, 0) is 111 Å². The van der Waals surface area contributed by atoms with Crippen molar-refractivity contribution in [2.45, 2.75) is 169 Å². The summed E-state index contributed by atoms with van der Waals surface area (Å²) in [7, 11) is 1.77. The highest BCUT2D eigenvalue weighted by Crippen LogP contribution is 2.29. The van der Waals surface area contributed by atoms with E-state index in [1.54, 1.807) is 86.6 Å². The standard InChI is InChI=1S/C58H88N12O12S/c1-11-35(6)27-49(73)70(10)48(33(2)3)30-46(63-38(9)72)55-68-47(32-83-55)53(76)65-43(28-36(7)56(78)79)29-39-17-21-42(22-18-39)66-58(81)82-31-40-19-23-41(24-20-40)64-51(74)45(16-14-26-61-57(60)80)67-54(77)50(34(4)5)69-52(75)44(62-37(8)71)15-12-13-25-59/h17-24,32-36,43-46,48,50H,11-16,25-31,59H2,1-10H3,(H,62,71)(H,63,72)(H,64,74)(H,65,76)(H,66,81)(H,67,77)(H,69,75)(H,78,79)(H3,60,61,80)/t35-,36-,43+,44-,45-,46+,48+,50-/m0/s1. The number of urea groups is 1. The molecule has 8 atom stereocenters. The number of benzene rings is 2. The van der Waals surface area contributed by atoms with Crippen LogP contribution in [0.4, 0.5) is 21.0 Å². The molecular formula is C58H88N12O12S. The van der Waals surface area contributed by atoms with Crippen LogP contribution in [-0.4, -0.2) is 125 Å². The van der Waals surface area contributed by atoms with Gasteiger partial charge in [0.1, 0.15) is 35.4 Å². The Morgan fingerprint density at radius 2 is 1.31 bits per heavy atom. The second-order valence-corrected chi connectivity index (χ2v) is 22.7. The Morgan fingerprint density at radius 3 is 1.88 bits per heavy atom. The molecule has 2 aromatic carbocycles. The van der Waals surface area contributed by atoms with Crippen LogP contribution in [0.5, 0.6) is 0 Å². The van der Waals surface area contributed by atoms with Crippen molar-refractivity contribution in [1.29, 1.82) is 0 Å². The molecule has 1 aromatic heterocycles. The van der Waals surface area contributed by atoms with Crippen molar-refractivity contribution in [2.75, 3.05) is 30.8 Å². The number of carboxylic acids is 1. The maximum atomic E-state index is 13.8. The number of thiazole rings is 1. The molecule has 83 heavy (non-hydrogen) atoms. The first-order chi connectivity index (χ1) is 39.2. The zero-order chi connectivity index (χ0) is 61.9. The molecule has 13 N–H and O–H groups in total.